The first-order valence-electron chi connectivity index (χ1n) is 17.8. The number of ether oxygens (including phenoxy) is 2. The molecule has 6 aromatic carbocycles. The van der Waals surface area contributed by atoms with Gasteiger partial charge in [0, 0.05) is 22.3 Å². The molecule has 0 saturated heterocycles. The van der Waals surface area contributed by atoms with Crippen LogP contribution in [-0.4, -0.2) is 43.5 Å². The van der Waals surface area contributed by atoms with E-state index in [1.807, 2.05) is 115 Å². The molecule has 0 bridgehead atoms. The summed E-state index contributed by atoms with van der Waals surface area (Å²) in [5.41, 5.74) is 4.60. The van der Waals surface area contributed by atoms with Crippen LogP contribution in [0.5, 0.6) is 11.5 Å². The van der Waals surface area contributed by atoms with Crippen molar-refractivity contribution in [3.8, 4) is 11.5 Å². The summed E-state index contributed by atoms with van der Waals surface area (Å²) < 4.78 is 10.7. The van der Waals surface area contributed by atoms with Gasteiger partial charge in [0.15, 0.2) is 5.78 Å². The van der Waals surface area contributed by atoms with Crippen LogP contribution in [0.2, 0.25) is 0 Å². The molecule has 56 heavy (non-hydrogen) atoms. The fourth-order valence-electron chi connectivity index (χ4n) is 6.55. The predicted octanol–water partition coefficient (Wildman–Crippen LogP) is 8.60. The molecule has 2 aliphatic rings. The van der Waals surface area contributed by atoms with Crippen LogP contribution in [0.4, 0.5) is 11.4 Å². The van der Waals surface area contributed by atoms with E-state index in [9.17, 15) is 14.4 Å². The molecule has 9 nitrogen and oxygen atoms in total. The molecule has 0 radical (unpaired) electrons. The van der Waals surface area contributed by atoms with Crippen molar-refractivity contribution < 1.29 is 23.9 Å². The summed E-state index contributed by atoms with van der Waals surface area (Å²) in [6.45, 7) is 0. The topological polar surface area (TPSA) is 101 Å². The monoisotopic (exact) mass is 734 g/mol. The third-order valence-electron chi connectivity index (χ3n) is 9.38. The minimum Gasteiger partial charge on any atom is -0.497 e. The molecule has 0 unspecified atom stereocenters. The van der Waals surface area contributed by atoms with E-state index in [0.29, 0.717) is 51.1 Å². The smallest absolute Gasteiger partial charge is 0.282 e. The van der Waals surface area contributed by atoms with Gasteiger partial charge in [-0.2, -0.15) is 0 Å². The van der Waals surface area contributed by atoms with Crippen molar-refractivity contribution in [2.24, 2.45) is 9.98 Å². The molecule has 0 saturated carbocycles. The zero-order valence-electron chi connectivity index (χ0n) is 30.5. The molecule has 9 heteroatoms. The molecule has 0 spiro atoms. The van der Waals surface area contributed by atoms with Gasteiger partial charge in [0.2, 0.25) is 0 Å². The van der Waals surface area contributed by atoms with Gasteiger partial charge >= 0.3 is 0 Å². The number of ketones is 1. The number of amidine groups is 2. The van der Waals surface area contributed by atoms with Gasteiger partial charge in [0.25, 0.3) is 11.8 Å². The van der Waals surface area contributed by atoms with Crippen molar-refractivity contribution >= 4 is 52.8 Å². The Bertz CT molecular complexity index is 2580. The van der Waals surface area contributed by atoms with Crippen molar-refractivity contribution in [1.29, 1.82) is 0 Å². The molecule has 2 amide bonds. The highest BCUT2D eigenvalue weighted by Gasteiger charge is 2.39. The van der Waals surface area contributed by atoms with Crippen LogP contribution in [0.15, 0.2) is 179 Å². The molecule has 0 aromatic heterocycles. The van der Waals surface area contributed by atoms with E-state index >= 15 is 0 Å². The number of rotatable bonds is 10. The first-order valence-corrected chi connectivity index (χ1v) is 17.8. The Kier molecular flexibility index (Phi) is 9.71. The number of carbonyl (C=O) groups is 3. The normalized spacial score (nSPS) is 15.3. The van der Waals surface area contributed by atoms with Crippen LogP contribution in [0.25, 0.3) is 12.2 Å². The number of hydrogen-bond acceptors (Lipinski definition) is 7. The van der Waals surface area contributed by atoms with E-state index in [0.717, 1.165) is 11.1 Å². The largest absolute Gasteiger partial charge is 0.497 e. The van der Waals surface area contributed by atoms with Crippen LogP contribution in [0, 0.1) is 0 Å². The molecule has 8 rings (SSSR count). The number of carbonyl (C=O) groups excluding carboxylic acids is 3. The van der Waals surface area contributed by atoms with Gasteiger partial charge in [-0.25, -0.2) is 9.98 Å². The maximum Gasteiger partial charge on any atom is 0.282 e. The van der Waals surface area contributed by atoms with Crippen LogP contribution < -0.4 is 19.3 Å². The van der Waals surface area contributed by atoms with Gasteiger partial charge in [-0.15, -0.1) is 0 Å². The third kappa shape index (κ3) is 6.92. The Morgan fingerprint density at radius 1 is 0.500 bits per heavy atom. The summed E-state index contributed by atoms with van der Waals surface area (Å²) in [6, 6.07) is 47.2. The van der Waals surface area contributed by atoms with Crippen molar-refractivity contribution in [3.05, 3.63) is 203 Å². The molecule has 0 aliphatic carbocycles. The van der Waals surface area contributed by atoms with E-state index in [2.05, 4.69) is 0 Å². The van der Waals surface area contributed by atoms with Crippen LogP contribution in [0.1, 0.15) is 38.2 Å². The fourth-order valence-corrected chi connectivity index (χ4v) is 6.55. The first-order chi connectivity index (χ1) is 27.4. The minimum absolute atomic E-state index is 0.171. The van der Waals surface area contributed by atoms with E-state index < -0.39 is 11.8 Å². The Morgan fingerprint density at radius 3 is 1.38 bits per heavy atom. The van der Waals surface area contributed by atoms with Crippen LogP contribution in [-0.2, 0) is 9.59 Å². The number of nitrogens with zero attached hydrogens (tertiary/aromatic N) is 4. The maximum atomic E-state index is 14.8. The SMILES string of the molecule is COc1ccc(C=C2N=C(c3ccccc3)N(c3ccc(C(=O)c4ccccc4)cc3N3C(=O)C(=Cc4ccc(OC)cc4)N=C3c3ccccc3)C2=O)cc1. The number of benzene rings is 6. The second-order valence-corrected chi connectivity index (χ2v) is 12.9. The Morgan fingerprint density at radius 2 is 0.929 bits per heavy atom. The number of hydrogen-bond donors (Lipinski definition) is 0. The Labute approximate surface area is 323 Å². The number of anilines is 2. The van der Waals surface area contributed by atoms with Gasteiger partial charge in [-0.05, 0) is 65.7 Å². The predicted molar refractivity (Wildman–Crippen MR) is 219 cm³/mol. The van der Waals surface area contributed by atoms with Gasteiger partial charge in [0.1, 0.15) is 34.6 Å². The summed E-state index contributed by atoms with van der Waals surface area (Å²) in [4.78, 5) is 56.3. The van der Waals surface area contributed by atoms with Crippen molar-refractivity contribution in [1.82, 2.24) is 0 Å². The number of methoxy groups -OCH3 is 2. The standard InChI is InChI=1S/C47H34N4O5/c1-55-37-23-18-31(19-24-37)28-39-46(53)50(44(48-39)34-14-8-4-9-15-34)41-27-22-36(43(52)33-12-6-3-7-13-33)30-42(41)51-45(35-16-10-5-11-17-35)49-40(47(51)54)29-32-20-25-38(56-2)26-21-32/h3-30H,1-2H3. The molecular weight excluding hydrogens is 701 g/mol. The average molecular weight is 735 g/mol. The van der Waals surface area contributed by atoms with Crippen LogP contribution in [0.3, 0.4) is 0 Å². The highest BCUT2D eigenvalue weighted by Crippen LogP contribution is 2.40. The van der Waals surface area contributed by atoms with Gasteiger partial charge in [0.05, 0.1) is 25.6 Å². The molecule has 0 fully saturated rings. The maximum absolute atomic E-state index is 14.8. The zero-order chi connectivity index (χ0) is 38.6. The number of aliphatic imine (C=N–C) groups is 2. The molecule has 0 N–H and O–H groups in total. The van der Waals surface area contributed by atoms with Gasteiger partial charge in [-0.3, -0.25) is 24.2 Å². The lowest BCUT2D eigenvalue weighted by atomic mass is 10.0. The minimum atomic E-state index is -0.441. The summed E-state index contributed by atoms with van der Waals surface area (Å²) >= 11 is 0. The molecular formula is C47H34N4O5. The van der Waals surface area contributed by atoms with Crippen LogP contribution >= 0.6 is 0 Å². The molecule has 2 heterocycles. The van der Waals surface area contributed by atoms with Gasteiger partial charge in [-0.1, -0.05) is 115 Å². The van der Waals surface area contributed by atoms with E-state index in [1.165, 1.54) is 9.80 Å². The van der Waals surface area contributed by atoms with E-state index in [-0.39, 0.29) is 22.9 Å². The van der Waals surface area contributed by atoms with Gasteiger partial charge < -0.3 is 9.47 Å². The molecule has 6 aromatic rings. The second kappa shape index (κ2) is 15.4. The molecule has 2 aliphatic heterocycles. The van der Waals surface area contributed by atoms with E-state index in [4.69, 9.17) is 19.5 Å². The van der Waals surface area contributed by atoms with Crippen molar-refractivity contribution in [2.75, 3.05) is 24.0 Å². The summed E-state index contributed by atoms with van der Waals surface area (Å²) in [5.74, 6) is 0.947. The third-order valence-corrected chi connectivity index (χ3v) is 9.38. The van der Waals surface area contributed by atoms with Crippen molar-refractivity contribution in [2.45, 2.75) is 0 Å². The second-order valence-electron chi connectivity index (χ2n) is 12.9. The van der Waals surface area contributed by atoms with Crippen molar-refractivity contribution in [3.63, 3.8) is 0 Å². The van der Waals surface area contributed by atoms with E-state index in [1.54, 1.807) is 68.8 Å². The molecule has 0 atom stereocenters. The highest BCUT2D eigenvalue weighted by atomic mass is 16.5. The summed E-state index contributed by atoms with van der Waals surface area (Å²) in [5, 5.41) is 0. The average Bonchev–Trinajstić information content (AvgIpc) is 3.76. The summed E-state index contributed by atoms with van der Waals surface area (Å²) in [6.07, 6.45) is 3.42. The lowest BCUT2D eigenvalue weighted by Crippen LogP contribution is -2.38. The Hall–Kier alpha value is -7.65. The quantitative estimate of drug-likeness (QED) is 0.104. The first kappa shape index (κ1) is 35.4. The lowest BCUT2D eigenvalue weighted by molar-refractivity contribution is -0.114. The highest BCUT2D eigenvalue weighted by molar-refractivity contribution is 6.38. The molecule has 272 valence electrons. The zero-order valence-corrected chi connectivity index (χ0v) is 30.5. The number of amides is 2. The fraction of sp³-hybridized carbons (Fsp3) is 0.0426. The summed E-state index contributed by atoms with van der Waals surface area (Å²) in [7, 11) is 3.18. The Balaban J connectivity index is 1.32. The lowest BCUT2D eigenvalue weighted by Gasteiger charge is -2.27.